The molecule has 1 aromatic carbocycles. The van der Waals surface area contributed by atoms with E-state index in [2.05, 4.69) is 22.1 Å². The Bertz CT molecular complexity index is 668. The van der Waals surface area contributed by atoms with Gasteiger partial charge in [-0.3, -0.25) is 0 Å². The van der Waals surface area contributed by atoms with Crippen LogP contribution in [0.2, 0.25) is 0 Å². The Morgan fingerprint density at radius 1 is 1.39 bits per heavy atom. The molecule has 0 spiro atoms. The molecule has 3 rings (SSSR count). The number of alkyl halides is 3. The highest BCUT2D eigenvalue weighted by molar-refractivity contribution is 7.22. The van der Waals surface area contributed by atoms with Crippen molar-refractivity contribution in [3.05, 3.63) is 23.8 Å². The number of nitrogens with zero attached hydrogens (tertiary/aromatic N) is 2. The summed E-state index contributed by atoms with van der Waals surface area (Å²) in [6, 6.07) is 4.16. The number of aromatic nitrogens is 1. The van der Waals surface area contributed by atoms with E-state index in [1.807, 2.05) is 0 Å². The summed E-state index contributed by atoms with van der Waals surface area (Å²) in [5, 5.41) is 4.23. The van der Waals surface area contributed by atoms with Gasteiger partial charge in [0, 0.05) is 25.7 Å². The third-order valence-corrected chi connectivity index (χ3v) is 5.25. The Morgan fingerprint density at radius 2 is 2.22 bits per heavy atom. The van der Waals surface area contributed by atoms with E-state index in [0.717, 1.165) is 50.1 Å². The molecule has 23 heavy (non-hydrogen) atoms. The molecule has 2 heterocycles. The maximum Gasteiger partial charge on any atom is 0.416 e. The molecule has 7 heteroatoms. The number of halogens is 3. The van der Waals surface area contributed by atoms with Crippen molar-refractivity contribution in [1.29, 1.82) is 0 Å². The van der Waals surface area contributed by atoms with Gasteiger partial charge >= 0.3 is 6.18 Å². The number of rotatable bonds is 4. The normalized spacial score (nSPS) is 19.5. The lowest BCUT2D eigenvalue weighted by Crippen LogP contribution is -2.51. The van der Waals surface area contributed by atoms with Crippen LogP contribution in [0.25, 0.3) is 10.2 Å². The molecule has 1 aliphatic heterocycles. The number of thiazole rings is 1. The van der Waals surface area contributed by atoms with E-state index in [4.69, 9.17) is 0 Å². The van der Waals surface area contributed by atoms with E-state index in [1.165, 1.54) is 23.5 Å². The Kier molecular flexibility index (Phi) is 4.77. The van der Waals surface area contributed by atoms with Gasteiger partial charge in [0.1, 0.15) is 0 Å². The molecule has 2 aromatic rings. The Morgan fingerprint density at radius 3 is 2.96 bits per heavy atom. The van der Waals surface area contributed by atoms with Crippen molar-refractivity contribution in [2.24, 2.45) is 0 Å². The molecule has 126 valence electrons. The zero-order valence-corrected chi connectivity index (χ0v) is 13.8. The second kappa shape index (κ2) is 6.65. The number of anilines is 1. The lowest BCUT2D eigenvalue weighted by molar-refractivity contribution is -0.137. The van der Waals surface area contributed by atoms with Crippen molar-refractivity contribution >= 4 is 26.7 Å². The first-order chi connectivity index (χ1) is 11.0. The minimum atomic E-state index is -4.31. The molecule has 3 nitrogen and oxygen atoms in total. The van der Waals surface area contributed by atoms with Crippen molar-refractivity contribution in [2.75, 3.05) is 24.5 Å². The Balaban J connectivity index is 1.89. The number of unbranched alkanes of at least 4 members (excludes halogenated alkanes) is 1. The summed E-state index contributed by atoms with van der Waals surface area (Å²) in [6.45, 7) is 4.80. The van der Waals surface area contributed by atoms with Gasteiger partial charge in [-0.25, -0.2) is 4.98 Å². The molecule has 1 aromatic heterocycles. The molecule has 0 saturated carbocycles. The second-order valence-electron chi connectivity index (χ2n) is 5.87. The van der Waals surface area contributed by atoms with Crippen molar-refractivity contribution in [3.8, 4) is 0 Å². The first-order valence-corrected chi connectivity index (χ1v) is 8.76. The van der Waals surface area contributed by atoms with Gasteiger partial charge in [-0.15, -0.1) is 0 Å². The molecule has 0 unspecified atom stereocenters. The van der Waals surface area contributed by atoms with E-state index in [-0.39, 0.29) is 0 Å². The number of nitrogens with one attached hydrogen (secondary N) is 1. The van der Waals surface area contributed by atoms with E-state index < -0.39 is 11.7 Å². The first kappa shape index (κ1) is 16.5. The summed E-state index contributed by atoms with van der Waals surface area (Å²) in [5.41, 5.74) is 0.0359. The molecule has 1 saturated heterocycles. The quantitative estimate of drug-likeness (QED) is 0.898. The van der Waals surface area contributed by atoms with Gasteiger partial charge in [0.25, 0.3) is 0 Å². The van der Waals surface area contributed by atoms with Crippen LogP contribution in [0, 0.1) is 0 Å². The second-order valence-corrected chi connectivity index (χ2v) is 6.88. The predicted octanol–water partition coefficient (Wildman–Crippen LogP) is 4.28. The molecule has 1 fully saturated rings. The lowest BCUT2D eigenvalue weighted by atomic mass is 10.1. The van der Waals surface area contributed by atoms with Gasteiger partial charge in [-0.2, -0.15) is 13.2 Å². The number of hydrogen-bond acceptors (Lipinski definition) is 4. The van der Waals surface area contributed by atoms with Gasteiger partial charge in [-0.05, 0) is 24.6 Å². The highest BCUT2D eigenvalue weighted by atomic mass is 32.1. The fourth-order valence-electron chi connectivity index (χ4n) is 2.92. The molecule has 1 N–H and O–H groups in total. The van der Waals surface area contributed by atoms with E-state index in [1.54, 1.807) is 0 Å². The topological polar surface area (TPSA) is 28.2 Å². The van der Waals surface area contributed by atoms with Crippen LogP contribution in [0.4, 0.5) is 18.3 Å². The monoisotopic (exact) mass is 343 g/mol. The third-order valence-electron chi connectivity index (χ3n) is 4.19. The fourth-order valence-corrected chi connectivity index (χ4v) is 4.02. The van der Waals surface area contributed by atoms with Crippen LogP contribution in [0.1, 0.15) is 31.7 Å². The fraction of sp³-hybridized carbons (Fsp3) is 0.562. The number of piperazine rings is 1. The molecule has 0 aliphatic carbocycles. The van der Waals surface area contributed by atoms with Gasteiger partial charge in [0.2, 0.25) is 0 Å². The van der Waals surface area contributed by atoms with Crippen molar-refractivity contribution in [1.82, 2.24) is 10.3 Å². The van der Waals surface area contributed by atoms with Crippen LogP contribution >= 0.6 is 11.3 Å². The van der Waals surface area contributed by atoms with Crippen molar-refractivity contribution in [2.45, 2.75) is 38.4 Å². The van der Waals surface area contributed by atoms with Gasteiger partial charge in [0.05, 0.1) is 15.8 Å². The first-order valence-electron chi connectivity index (χ1n) is 7.94. The molecule has 0 radical (unpaired) electrons. The summed E-state index contributed by atoms with van der Waals surface area (Å²) in [4.78, 5) is 6.82. The van der Waals surface area contributed by atoms with Gasteiger partial charge in [0.15, 0.2) is 5.13 Å². The molecule has 0 bridgehead atoms. The summed E-state index contributed by atoms with van der Waals surface area (Å²) < 4.78 is 39.1. The van der Waals surface area contributed by atoms with E-state index >= 15 is 0 Å². The van der Waals surface area contributed by atoms with Crippen LogP contribution in [0.5, 0.6) is 0 Å². The minimum Gasteiger partial charge on any atom is -0.343 e. The maximum atomic E-state index is 12.8. The smallest absolute Gasteiger partial charge is 0.343 e. The molecule has 1 atom stereocenters. The third kappa shape index (κ3) is 3.61. The number of benzene rings is 1. The molecular formula is C16H20F3N3S. The number of fused-ring (bicyclic) bond motifs is 1. The largest absolute Gasteiger partial charge is 0.416 e. The van der Waals surface area contributed by atoms with Crippen LogP contribution in [0.15, 0.2) is 18.2 Å². The van der Waals surface area contributed by atoms with Crippen LogP contribution in [0.3, 0.4) is 0 Å². The maximum absolute atomic E-state index is 12.8. The van der Waals surface area contributed by atoms with Crippen LogP contribution < -0.4 is 10.2 Å². The van der Waals surface area contributed by atoms with Crippen molar-refractivity contribution in [3.63, 3.8) is 0 Å². The average Bonchev–Trinajstić information content (AvgIpc) is 2.95. The lowest BCUT2D eigenvalue weighted by Gasteiger charge is -2.36. The molecule has 0 amide bonds. The average molecular weight is 343 g/mol. The standard InChI is InChI=1S/C16H20F3N3S/c1-2-3-4-12-10-20-7-8-22(12)15-21-13-6-5-11(16(17,18)19)9-14(13)23-15/h5-6,9,12,20H,2-4,7-8,10H2,1H3/t12-/m1/s1. The highest BCUT2D eigenvalue weighted by Crippen LogP contribution is 2.36. The number of hydrogen-bond donors (Lipinski definition) is 1. The summed E-state index contributed by atoms with van der Waals surface area (Å²) in [7, 11) is 0. The van der Waals surface area contributed by atoms with E-state index in [9.17, 15) is 13.2 Å². The van der Waals surface area contributed by atoms with Crippen LogP contribution in [-0.2, 0) is 6.18 Å². The Hall–Kier alpha value is -1.34. The van der Waals surface area contributed by atoms with Gasteiger partial charge in [-0.1, -0.05) is 31.1 Å². The zero-order chi connectivity index (χ0) is 16.4. The molecule has 1 aliphatic rings. The molecular weight excluding hydrogens is 323 g/mol. The summed E-state index contributed by atoms with van der Waals surface area (Å²) >= 11 is 1.36. The minimum absolute atomic E-state index is 0.367. The highest BCUT2D eigenvalue weighted by Gasteiger charge is 2.31. The zero-order valence-electron chi connectivity index (χ0n) is 13.0. The summed E-state index contributed by atoms with van der Waals surface area (Å²) in [5.74, 6) is 0. The Labute approximate surface area is 137 Å². The predicted molar refractivity (Wildman–Crippen MR) is 88.2 cm³/mol. The van der Waals surface area contributed by atoms with Crippen molar-refractivity contribution < 1.29 is 13.2 Å². The summed E-state index contributed by atoms with van der Waals surface area (Å²) in [6.07, 6.45) is -0.949. The van der Waals surface area contributed by atoms with E-state index in [0.29, 0.717) is 16.3 Å². The van der Waals surface area contributed by atoms with Crippen LogP contribution in [-0.4, -0.2) is 30.7 Å². The van der Waals surface area contributed by atoms with Gasteiger partial charge < -0.3 is 10.2 Å². The SMILES string of the molecule is CCCC[C@@H]1CNCCN1c1nc2ccc(C(F)(F)F)cc2s1.